The zero-order valence-corrected chi connectivity index (χ0v) is 11.0. The van der Waals surface area contributed by atoms with Crippen LogP contribution in [0.4, 0.5) is 5.69 Å². The predicted octanol–water partition coefficient (Wildman–Crippen LogP) is 1.15. The number of hydrogen-bond donors (Lipinski definition) is 4. The number of H-pyrrole nitrogens is 1. The Morgan fingerprint density at radius 2 is 2.21 bits per heavy atom. The number of nitrogens with one attached hydrogen (secondary N) is 2. The second-order valence-corrected chi connectivity index (χ2v) is 3.84. The van der Waals surface area contributed by atoms with Gasteiger partial charge in [0.2, 0.25) is 0 Å². The van der Waals surface area contributed by atoms with E-state index < -0.39 is 5.97 Å². The molecule has 0 aliphatic heterocycles. The van der Waals surface area contributed by atoms with Crippen molar-refractivity contribution >= 4 is 22.7 Å². The van der Waals surface area contributed by atoms with Gasteiger partial charge in [-0.1, -0.05) is 6.92 Å². The SMILES string of the molecule is CCC(=O)O.Cc1cc(NCCO)c2[nH]ncc2n1. The smallest absolute Gasteiger partial charge is 0.303 e. The number of anilines is 1. The number of aliphatic hydroxyl groups excluding tert-OH is 1. The Balaban J connectivity index is 0.000000312. The lowest BCUT2D eigenvalue weighted by Crippen LogP contribution is -2.06. The molecule has 104 valence electrons. The van der Waals surface area contributed by atoms with E-state index in [0.717, 1.165) is 22.4 Å². The second-order valence-electron chi connectivity index (χ2n) is 3.84. The lowest BCUT2D eigenvalue weighted by molar-refractivity contribution is -0.136. The quantitative estimate of drug-likeness (QED) is 0.660. The minimum Gasteiger partial charge on any atom is -0.481 e. The highest BCUT2D eigenvalue weighted by Crippen LogP contribution is 2.19. The average Bonchev–Trinajstić information content (AvgIpc) is 2.84. The zero-order valence-electron chi connectivity index (χ0n) is 11.0. The molecule has 0 aromatic carbocycles. The second kappa shape index (κ2) is 7.32. The Hall–Kier alpha value is -2.15. The monoisotopic (exact) mass is 266 g/mol. The molecule has 2 aromatic heterocycles. The zero-order chi connectivity index (χ0) is 14.3. The van der Waals surface area contributed by atoms with Gasteiger partial charge in [-0.25, -0.2) is 4.98 Å². The summed E-state index contributed by atoms with van der Waals surface area (Å²) in [6.07, 6.45) is 1.91. The fourth-order valence-corrected chi connectivity index (χ4v) is 1.40. The normalized spacial score (nSPS) is 9.84. The van der Waals surface area contributed by atoms with Gasteiger partial charge in [-0.15, -0.1) is 0 Å². The van der Waals surface area contributed by atoms with Gasteiger partial charge in [0, 0.05) is 18.7 Å². The summed E-state index contributed by atoms with van der Waals surface area (Å²) >= 11 is 0. The summed E-state index contributed by atoms with van der Waals surface area (Å²) in [5, 5.41) is 26.3. The Morgan fingerprint density at radius 3 is 2.79 bits per heavy atom. The number of aryl methyl sites for hydroxylation is 1. The Bertz CT molecular complexity index is 539. The molecular weight excluding hydrogens is 248 g/mol. The van der Waals surface area contributed by atoms with E-state index in [1.54, 1.807) is 13.1 Å². The van der Waals surface area contributed by atoms with E-state index in [0.29, 0.717) is 6.54 Å². The molecule has 4 N–H and O–H groups in total. The van der Waals surface area contributed by atoms with Crippen LogP contribution in [0.1, 0.15) is 19.0 Å². The largest absolute Gasteiger partial charge is 0.481 e. The average molecular weight is 266 g/mol. The van der Waals surface area contributed by atoms with Crippen molar-refractivity contribution in [2.24, 2.45) is 0 Å². The van der Waals surface area contributed by atoms with Crippen molar-refractivity contribution in [3.05, 3.63) is 18.0 Å². The topological polar surface area (TPSA) is 111 Å². The third kappa shape index (κ3) is 4.55. The summed E-state index contributed by atoms with van der Waals surface area (Å²) in [5.74, 6) is -0.745. The number of nitrogens with zero attached hydrogens (tertiary/aromatic N) is 2. The number of hydrogen-bond acceptors (Lipinski definition) is 5. The van der Waals surface area contributed by atoms with E-state index in [-0.39, 0.29) is 13.0 Å². The first kappa shape index (κ1) is 14.9. The lowest BCUT2D eigenvalue weighted by atomic mass is 10.3. The predicted molar refractivity (Wildman–Crippen MR) is 72.1 cm³/mol. The molecule has 0 amide bonds. The van der Waals surface area contributed by atoms with Gasteiger partial charge < -0.3 is 15.5 Å². The van der Waals surface area contributed by atoms with Crippen molar-refractivity contribution in [1.29, 1.82) is 0 Å². The van der Waals surface area contributed by atoms with Gasteiger partial charge in [0.05, 0.1) is 18.5 Å². The van der Waals surface area contributed by atoms with Crippen molar-refractivity contribution in [3.63, 3.8) is 0 Å². The maximum Gasteiger partial charge on any atom is 0.303 e. The van der Waals surface area contributed by atoms with Crippen molar-refractivity contribution < 1.29 is 15.0 Å². The Morgan fingerprint density at radius 1 is 1.53 bits per heavy atom. The van der Waals surface area contributed by atoms with Crippen LogP contribution in [0.25, 0.3) is 11.0 Å². The minimum atomic E-state index is -0.745. The number of pyridine rings is 1. The molecule has 0 radical (unpaired) electrons. The molecule has 0 aliphatic carbocycles. The molecule has 19 heavy (non-hydrogen) atoms. The van der Waals surface area contributed by atoms with E-state index in [1.807, 2.05) is 13.0 Å². The highest BCUT2D eigenvalue weighted by Gasteiger charge is 2.04. The van der Waals surface area contributed by atoms with Gasteiger partial charge >= 0.3 is 5.97 Å². The van der Waals surface area contributed by atoms with E-state index in [9.17, 15) is 4.79 Å². The highest BCUT2D eigenvalue weighted by atomic mass is 16.4. The van der Waals surface area contributed by atoms with Crippen LogP contribution in [0.3, 0.4) is 0 Å². The van der Waals surface area contributed by atoms with E-state index in [1.165, 1.54) is 0 Å². The first-order valence-corrected chi connectivity index (χ1v) is 5.95. The molecule has 2 aromatic rings. The van der Waals surface area contributed by atoms with Gasteiger partial charge in [-0.05, 0) is 13.0 Å². The minimum absolute atomic E-state index is 0.108. The van der Waals surface area contributed by atoms with Crippen molar-refractivity contribution in [2.45, 2.75) is 20.3 Å². The number of carboxylic acids is 1. The molecule has 7 heteroatoms. The van der Waals surface area contributed by atoms with Crippen LogP contribution in [0.5, 0.6) is 0 Å². The molecule has 2 heterocycles. The summed E-state index contributed by atoms with van der Waals surface area (Å²) in [5.41, 5.74) is 3.58. The van der Waals surface area contributed by atoms with Gasteiger partial charge in [0.25, 0.3) is 0 Å². The van der Waals surface area contributed by atoms with Crippen LogP contribution in [0.2, 0.25) is 0 Å². The van der Waals surface area contributed by atoms with Crippen molar-refractivity contribution in [3.8, 4) is 0 Å². The van der Waals surface area contributed by atoms with Crippen LogP contribution in [-0.2, 0) is 4.79 Å². The lowest BCUT2D eigenvalue weighted by Gasteiger charge is -2.05. The molecule has 0 fully saturated rings. The van der Waals surface area contributed by atoms with Crippen LogP contribution in [-0.4, -0.2) is 44.5 Å². The van der Waals surface area contributed by atoms with Gasteiger partial charge in [-0.3, -0.25) is 9.89 Å². The number of fused-ring (bicyclic) bond motifs is 1. The third-order valence-corrected chi connectivity index (χ3v) is 2.27. The first-order chi connectivity index (χ1) is 9.08. The molecule has 0 atom stereocenters. The third-order valence-electron chi connectivity index (χ3n) is 2.27. The number of rotatable bonds is 4. The molecule has 0 spiro atoms. The van der Waals surface area contributed by atoms with Crippen LogP contribution in [0, 0.1) is 6.92 Å². The van der Waals surface area contributed by atoms with E-state index >= 15 is 0 Å². The highest BCUT2D eigenvalue weighted by molar-refractivity contribution is 5.87. The Labute approximate surface area is 110 Å². The fraction of sp³-hybridized carbons (Fsp3) is 0.417. The molecule has 0 aliphatic rings. The standard InChI is InChI=1S/C9H12N4O.C3H6O2/c1-6-4-7(10-2-3-14)9-8(12-6)5-11-13-9;1-2-3(4)5/h4-5,14H,2-3H2,1H3,(H,10,12)(H,11,13);2H2,1H3,(H,4,5). The Kier molecular flexibility index (Phi) is 5.74. The number of carbonyl (C=O) groups is 1. The summed E-state index contributed by atoms with van der Waals surface area (Å²) in [6, 6.07) is 1.93. The molecule has 0 unspecified atom stereocenters. The maximum absolute atomic E-state index is 9.37. The van der Waals surface area contributed by atoms with Gasteiger partial charge in [0.1, 0.15) is 11.0 Å². The summed E-state index contributed by atoms with van der Waals surface area (Å²) in [6.45, 7) is 4.16. The molecule has 2 rings (SSSR count). The molecule has 0 saturated carbocycles. The van der Waals surface area contributed by atoms with Crippen LogP contribution < -0.4 is 5.32 Å². The van der Waals surface area contributed by atoms with Crippen molar-refractivity contribution in [1.82, 2.24) is 15.2 Å². The van der Waals surface area contributed by atoms with E-state index in [2.05, 4.69) is 20.5 Å². The van der Waals surface area contributed by atoms with E-state index in [4.69, 9.17) is 10.2 Å². The van der Waals surface area contributed by atoms with Crippen LogP contribution in [0.15, 0.2) is 12.3 Å². The molecule has 7 nitrogen and oxygen atoms in total. The van der Waals surface area contributed by atoms with Gasteiger partial charge in [-0.2, -0.15) is 5.10 Å². The summed E-state index contributed by atoms with van der Waals surface area (Å²) in [4.78, 5) is 13.7. The number of aromatic amines is 1. The number of aliphatic carboxylic acids is 1. The first-order valence-electron chi connectivity index (χ1n) is 5.95. The summed E-state index contributed by atoms with van der Waals surface area (Å²) in [7, 11) is 0. The molecular formula is C12H18N4O3. The molecule has 0 bridgehead atoms. The number of aromatic nitrogens is 3. The molecule has 0 saturated heterocycles. The van der Waals surface area contributed by atoms with Crippen molar-refractivity contribution in [2.75, 3.05) is 18.5 Å². The summed E-state index contributed by atoms with van der Waals surface area (Å²) < 4.78 is 0. The maximum atomic E-state index is 9.37. The number of aliphatic hydroxyl groups is 1. The fourth-order valence-electron chi connectivity index (χ4n) is 1.40. The van der Waals surface area contributed by atoms with Gasteiger partial charge in [0.15, 0.2) is 0 Å². The van der Waals surface area contributed by atoms with Crippen LogP contribution >= 0.6 is 0 Å². The number of carboxylic acid groups (broad SMARTS) is 1.